The summed E-state index contributed by atoms with van der Waals surface area (Å²) in [6.07, 6.45) is 3.61. The van der Waals surface area contributed by atoms with E-state index < -0.39 is 0 Å². The second-order valence-corrected chi connectivity index (χ2v) is 6.09. The molecule has 2 rings (SSSR count). The van der Waals surface area contributed by atoms with Gasteiger partial charge in [-0.15, -0.1) is 0 Å². The smallest absolute Gasteiger partial charge is 0.225 e. The first-order valence-corrected chi connectivity index (χ1v) is 6.45. The van der Waals surface area contributed by atoms with Crippen LogP contribution in [0.15, 0.2) is 0 Å². The highest BCUT2D eigenvalue weighted by Gasteiger charge is 2.39. The zero-order valence-corrected chi connectivity index (χ0v) is 10.5. The first-order valence-electron chi connectivity index (χ1n) is 5.54. The summed E-state index contributed by atoms with van der Waals surface area (Å²) in [6.45, 7) is 5.14. The zero-order valence-electron chi connectivity index (χ0n) is 8.87. The van der Waals surface area contributed by atoms with Crippen LogP contribution in [0.5, 0.6) is 0 Å². The van der Waals surface area contributed by atoms with Gasteiger partial charge in [0.05, 0.1) is 0 Å². The Morgan fingerprint density at radius 2 is 2.14 bits per heavy atom. The van der Waals surface area contributed by atoms with E-state index in [-0.39, 0.29) is 5.92 Å². The number of alkyl halides is 1. The summed E-state index contributed by atoms with van der Waals surface area (Å²) in [5, 5.41) is 0. The molecule has 3 heteroatoms. The summed E-state index contributed by atoms with van der Waals surface area (Å²) in [4.78, 5) is 14.7. The minimum atomic E-state index is 0.259. The summed E-state index contributed by atoms with van der Waals surface area (Å²) in [5.41, 5.74) is 0. The summed E-state index contributed by atoms with van der Waals surface area (Å²) in [5.74, 6) is 1.32. The summed E-state index contributed by atoms with van der Waals surface area (Å²) in [7, 11) is 0. The van der Waals surface area contributed by atoms with E-state index in [4.69, 9.17) is 0 Å². The van der Waals surface area contributed by atoms with Crippen molar-refractivity contribution < 1.29 is 4.79 Å². The van der Waals surface area contributed by atoms with Crippen LogP contribution in [0.25, 0.3) is 0 Å². The van der Waals surface area contributed by atoms with Crippen LogP contribution in [0.1, 0.15) is 33.1 Å². The van der Waals surface area contributed by atoms with Gasteiger partial charge >= 0.3 is 0 Å². The van der Waals surface area contributed by atoms with Gasteiger partial charge in [-0.3, -0.25) is 4.79 Å². The van der Waals surface area contributed by atoms with Crippen LogP contribution in [-0.4, -0.2) is 28.2 Å². The third kappa shape index (κ3) is 1.97. The Bertz CT molecular complexity index is 239. The van der Waals surface area contributed by atoms with Crippen molar-refractivity contribution in [3.05, 3.63) is 0 Å². The van der Waals surface area contributed by atoms with Gasteiger partial charge in [-0.1, -0.05) is 22.9 Å². The maximum absolute atomic E-state index is 12.1. The predicted molar refractivity (Wildman–Crippen MR) is 60.4 cm³/mol. The van der Waals surface area contributed by atoms with Crippen molar-refractivity contribution in [3.63, 3.8) is 0 Å². The largest absolute Gasteiger partial charge is 0.339 e. The lowest BCUT2D eigenvalue weighted by Gasteiger charge is -2.24. The molecule has 0 aromatic rings. The van der Waals surface area contributed by atoms with Crippen LogP contribution < -0.4 is 0 Å². The quantitative estimate of drug-likeness (QED) is 0.698. The van der Waals surface area contributed by atoms with E-state index >= 15 is 0 Å². The highest BCUT2D eigenvalue weighted by molar-refractivity contribution is 9.09. The molecule has 1 aliphatic carbocycles. The molecule has 1 aliphatic heterocycles. The SMILES string of the molecule is CC(C(=O)N1CC(Br)CC1C)C1CC1. The maximum Gasteiger partial charge on any atom is 0.225 e. The van der Waals surface area contributed by atoms with Crippen LogP contribution >= 0.6 is 15.9 Å². The topological polar surface area (TPSA) is 20.3 Å². The molecule has 0 aromatic heterocycles. The van der Waals surface area contributed by atoms with Crippen molar-refractivity contribution >= 4 is 21.8 Å². The van der Waals surface area contributed by atoms with E-state index in [0.29, 0.717) is 22.7 Å². The van der Waals surface area contributed by atoms with Crippen molar-refractivity contribution in [3.8, 4) is 0 Å². The number of halogens is 1. The maximum atomic E-state index is 12.1. The number of likely N-dealkylation sites (tertiary alicyclic amines) is 1. The van der Waals surface area contributed by atoms with E-state index in [2.05, 4.69) is 34.7 Å². The van der Waals surface area contributed by atoms with E-state index in [1.807, 2.05) is 0 Å². The molecule has 1 amide bonds. The monoisotopic (exact) mass is 259 g/mol. The Balaban J connectivity index is 1.96. The molecule has 2 fully saturated rings. The predicted octanol–water partition coefficient (Wildman–Crippen LogP) is 2.42. The fourth-order valence-corrected chi connectivity index (χ4v) is 3.18. The number of carbonyl (C=O) groups excluding carboxylic acids is 1. The Kier molecular flexibility index (Phi) is 2.87. The van der Waals surface area contributed by atoms with Gasteiger partial charge < -0.3 is 4.90 Å². The molecule has 2 nitrogen and oxygen atoms in total. The van der Waals surface area contributed by atoms with Crippen molar-refractivity contribution in [1.29, 1.82) is 0 Å². The molecule has 0 spiro atoms. The molecule has 14 heavy (non-hydrogen) atoms. The molecule has 0 radical (unpaired) electrons. The Hall–Kier alpha value is -0.0500. The third-order valence-corrected chi connectivity index (χ3v) is 4.19. The highest BCUT2D eigenvalue weighted by atomic mass is 79.9. The molecule has 2 aliphatic rings. The standard InChI is InChI=1S/C11H18BrNO/c1-7-5-10(12)6-13(7)11(14)8(2)9-3-4-9/h7-10H,3-6H2,1-2H3. The minimum Gasteiger partial charge on any atom is -0.339 e. The van der Waals surface area contributed by atoms with E-state index in [0.717, 1.165) is 13.0 Å². The number of carbonyl (C=O) groups is 1. The number of rotatable bonds is 2. The Labute approximate surface area is 94.2 Å². The van der Waals surface area contributed by atoms with Gasteiger partial charge in [-0.05, 0) is 32.1 Å². The zero-order chi connectivity index (χ0) is 10.3. The number of hydrogen-bond acceptors (Lipinski definition) is 1. The number of hydrogen-bond donors (Lipinski definition) is 0. The highest BCUT2D eigenvalue weighted by Crippen LogP contribution is 2.38. The second kappa shape index (κ2) is 3.84. The first-order chi connectivity index (χ1) is 6.59. The lowest BCUT2D eigenvalue weighted by atomic mass is 10.0. The second-order valence-electron chi connectivity index (χ2n) is 4.80. The fourth-order valence-electron chi connectivity index (χ4n) is 2.33. The Morgan fingerprint density at radius 3 is 2.57 bits per heavy atom. The van der Waals surface area contributed by atoms with Crippen LogP contribution in [0.2, 0.25) is 0 Å². The molecule has 0 aromatic carbocycles. The molecule has 3 atom stereocenters. The van der Waals surface area contributed by atoms with Crippen molar-refractivity contribution in [2.24, 2.45) is 11.8 Å². The molecular formula is C11H18BrNO. The van der Waals surface area contributed by atoms with Gasteiger partial charge in [0.25, 0.3) is 0 Å². The summed E-state index contributed by atoms with van der Waals surface area (Å²) in [6, 6.07) is 0.424. The van der Waals surface area contributed by atoms with Gasteiger partial charge in [0, 0.05) is 23.3 Å². The molecule has 0 bridgehead atoms. The van der Waals surface area contributed by atoms with Crippen molar-refractivity contribution in [2.75, 3.05) is 6.54 Å². The summed E-state index contributed by atoms with van der Waals surface area (Å²) >= 11 is 3.60. The van der Waals surface area contributed by atoms with E-state index in [1.54, 1.807) is 0 Å². The van der Waals surface area contributed by atoms with E-state index in [9.17, 15) is 4.79 Å². The van der Waals surface area contributed by atoms with Crippen LogP contribution in [0, 0.1) is 11.8 Å². The van der Waals surface area contributed by atoms with Crippen LogP contribution in [0.4, 0.5) is 0 Å². The third-order valence-electron chi connectivity index (χ3n) is 3.53. The molecule has 1 heterocycles. The fraction of sp³-hybridized carbons (Fsp3) is 0.909. The van der Waals surface area contributed by atoms with Gasteiger partial charge in [0.1, 0.15) is 0 Å². The van der Waals surface area contributed by atoms with Crippen molar-refractivity contribution in [1.82, 2.24) is 4.90 Å². The Morgan fingerprint density at radius 1 is 1.50 bits per heavy atom. The van der Waals surface area contributed by atoms with Crippen molar-refractivity contribution in [2.45, 2.75) is 44.0 Å². The average Bonchev–Trinajstić information content (AvgIpc) is 2.90. The van der Waals surface area contributed by atoms with Crippen LogP contribution in [0.3, 0.4) is 0 Å². The first kappa shape index (κ1) is 10.5. The average molecular weight is 260 g/mol. The van der Waals surface area contributed by atoms with Gasteiger partial charge in [0.2, 0.25) is 5.91 Å². The van der Waals surface area contributed by atoms with Gasteiger partial charge in [0.15, 0.2) is 0 Å². The van der Waals surface area contributed by atoms with Gasteiger partial charge in [-0.25, -0.2) is 0 Å². The molecule has 0 N–H and O–H groups in total. The summed E-state index contributed by atoms with van der Waals surface area (Å²) < 4.78 is 0. The molecule has 80 valence electrons. The van der Waals surface area contributed by atoms with Crippen LogP contribution in [-0.2, 0) is 4.79 Å². The molecule has 1 saturated heterocycles. The number of nitrogens with zero attached hydrogens (tertiary/aromatic N) is 1. The normalized spacial score (nSPS) is 34.6. The van der Waals surface area contributed by atoms with Gasteiger partial charge in [-0.2, -0.15) is 0 Å². The molecule has 1 saturated carbocycles. The lowest BCUT2D eigenvalue weighted by molar-refractivity contribution is -0.136. The molecule has 3 unspecified atom stereocenters. The minimum absolute atomic E-state index is 0.259. The molecular weight excluding hydrogens is 242 g/mol. The lowest BCUT2D eigenvalue weighted by Crippen LogP contribution is -2.38. The van der Waals surface area contributed by atoms with E-state index in [1.165, 1.54) is 12.8 Å². The number of amides is 1.